The van der Waals surface area contributed by atoms with Crippen LogP contribution >= 0.6 is 23.4 Å². The molecule has 1 aliphatic heterocycles. The van der Waals surface area contributed by atoms with Crippen LogP contribution in [0.25, 0.3) is 5.57 Å². The van der Waals surface area contributed by atoms with E-state index in [1.54, 1.807) is 6.20 Å². The number of carbonyl (C=O) groups excluding carboxylic acids is 1. The molecule has 0 bridgehead atoms. The molecule has 4 nitrogen and oxygen atoms in total. The summed E-state index contributed by atoms with van der Waals surface area (Å²) in [6, 6.07) is 10.1. The minimum Gasteiger partial charge on any atom is -0.350 e. The van der Waals surface area contributed by atoms with Crippen LogP contribution in [-0.2, 0) is 4.79 Å². The maximum absolute atomic E-state index is 12.0. The molecule has 2 heterocycles. The second-order valence-electron chi connectivity index (χ2n) is 6.67. The number of H-pyrrole nitrogens is 1. The van der Waals surface area contributed by atoms with Gasteiger partial charge in [-0.3, -0.25) is 9.59 Å². The second kappa shape index (κ2) is 7.33. The third kappa shape index (κ3) is 3.89. The van der Waals surface area contributed by atoms with Crippen molar-refractivity contribution in [1.29, 1.82) is 0 Å². The summed E-state index contributed by atoms with van der Waals surface area (Å²) < 4.78 is 0. The zero-order chi connectivity index (χ0) is 18.1. The number of aromatic nitrogens is 1. The third-order valence-corrected chi connectivity index (χ3v) is 6.27. The monoisotopic (exact) mass is 386 g/mol. The largest absolute Gasteiger partial charge is 0.350 e. The minimum atomic E-state index is -0.311. The lowest BCUT2D eigenvalue weighted by Gasteiger charge is -2.14. The maximum Gasteiger partial charge on any atom is 0.267 e. The molecule has 2 fully saturated rings. The molecule has 0 radical (unpaired) electrons. The van der Waals surface area contributed by atoms with E-state index in [1.807, 2.05) is 36.0 Å². The van der Waals surface area contributed by atoms with Gasteiger partial charge in [-0.1, -0.05) is 29.8 Å². The van der Waals surface area contributed by atoms with Crippen LogP contribution in [0.3, 0.4) is 0 Å². The molecule has 1 saturated carbocycles. The van der Waals surface area contributed by atoms with Gasteiger partial charge >= 0.3 is 0 Å². The molecular weight excluding hydrogens is 368 g/mol. The summed E-state index contributed by atoms with van der Waals surface area (Å²) in [7, 11) is 0. The lowest BCUT2D eigenvalue weighted by molar-refractivity contribution is -0.119. The van der Waals surface area contributed by atoms with E-state index in [4.69, 9.17) is 11.6 Å². The van der Waals surface area contributed by atoms with Gasteiger partial charge in [0.25, 0.3) is 5.56 Å². The average molecular weight is 387 g/mol. The smallest absolute Gasteiger partial charge is 0.267 e. The topological polar surface area (TPSA) is 62.0 Å². The van der Waals surface area contributed by atoms with Crippen molar-refractivity contribution in [3.8, 4) is 0 Å². The van der Waals surface area contributed by atoms with Crippen LogP contribution in [-0.4, -0.2) is 22.2 Å². The maximum atomic E-state index is 12.0. The number of benzene rings is 1. The molecule has 26 heavy (non-hydrogen) atoms. The Hall–Kier alpha value is -1.98. The van der Waals surface area contributed by atoms with Gasteiger partial charge in [-0.15, -0.1) is 11.8 Å². The van der Waals surface area contributed by atoms with Crippen molar-refractivity contribution in [3.63, 3.8) is 0 Å². The van der Waals surface area contributed by atoms with Gasteiger partial charge in [0.15, 0.2) is 0 Å². The molecule has 1 atom stereocenters. The van der Waals surface area contributed by atoms with Crippen molar-refractivity contribution < 1.29 is 4.79 Å². The number of hydrogen-bond donors (Lipinski definition) is 2. The summed E-state index contributed by atoms with van der Waals surface area (Å²) in [5.74, 6) is 0.0562. The Morgan fingerprint density at radius 1 is 1.19 bits per heavy atom. The van der Waals surface area contributed by atoms with Crippen molar-refractivity contribution in [2.24, 2.45) is 0 Å². The summed E-state index contributed by atoms with van der Waals surface area (Å²) in [5, 5.41) is 3.85. The lowest BCUT2D eigenvalue weighted by Crippen LogP contribution is -2.23. The normalized spacial score (nSPS) is 20.3. The zero-order valence-corrected chi connectivity index (χ0v) is 15.7. The number of rotatable bonds is 5. The Kier molecular flexibility index (Phi) is 4.92. The molecule has 1 aromatic carbocycles. The molecule has 1 saturated heterocycles. The zero-order valence-electron chi connectivity index (χ0n) is 14.1. The molecule has 1 aromatic heterocycles. The quantitative estimate of drug-likeness (QED) is 0.816. The van der Waals surface area contributed by atoms with Crippen molar-refractivity contribution >= 4 is 34.8 Å². The molecule has 6 heteroatoms. The van der Waals surface area contributed by atoms with Crippen molar-refractivity contribution in [2.75, 3.05) is 0 Å². The Morgan fingerprint density at radius 2 is 2.04 bits per heavy atom. The average Bonchev–Trinajstić information content (AvgIpc) is 3.35. The van der Waals surface area contributed by atoms with E-state index in [9.17, 15) is 9.59 Å². The fraction of sp³-hybridized carbons (Fsp3) is 0.300. The van der Waals surface area contributed by atoms with Crippen LogP contribution in [0.1, 0.15) is 36.8 Å². The second-order valence-corrected chi connectivity index (χ2v) is 8.42. The van der Waals surface area contributed by atoms with Crippen molar-refractivity contribution in [1.82, 2.24) is 10.3 Å². The standard InChI is InChI=1S/C20H19ClN2O2S/c21-19-16(8-9-22-20(19)25)17(11-13-4-7-18(24)23-13)12-2-1-3-15(10-12)26-14-5-6-14/h1-3,8-11,13-14H,4-7H2,(H,22,25)(H,23,24)/b17-11+/t13-/m1/s1. The number of carbonyl (C=O) groups is 1. The number of hydrogen-bond acceptors (Lipinski definition) is 3. The molecule has 0 unspecified atom stereocenters. The number of aromatic amines is 1. The van der Waals surface area contributed by atoms with E-state index in [-0.39, 0.29) is 22.5 Å². The van der Waals surface area contributed by atoms with Gasteiger partial charge in [0.05, 0.1) is 0 Å². The molecule has 1 amide bonds. The lowest BCUT2D eigenvalue weighted by atomic mass is 9.96. The SMILES string of the molecule is O=C1CC[C@H](/C=C(\c2cccc(SC3CC3)c2)c2cc[nH]c(=O)c2Cl)N1. The highest BCUT2D eigenvalue weighted by molar-refractivity contribution is 8.00. The van der Waals surface area contributed by atoms with Crippen molar-refractivity contribution in [2.45, 2.75) is 41.9 Å². The van der Waals surface area contributed by atoms with Gasteiger partial charge in [-0.2, -0.15) is 0 Å². The van der Waals surface area contributed by atoms with E-state index in [2.05, 4.69) is 22.4 Å². The van der Waals surface area contributed by atoms with Gasteiger partial charge in [-0.05, 0) is 48.6 Å². The Labute approximate surface area is 161 Å². The predicted molar refractivity (Wildman–Crippen MR) is 106 cm³/mol. The van der Waals surface area contributed by atoms with Crippen LogP contribution in [0.4, 0.5) is 0 Å². The van der Waals surface area contributed by atoms with E-state index in [0.29, 0.717) is 12.0 Å². The van der Waals surface area contributed by atoms with E-state index >= 15 is 0 Å². The number of halogens is 1. The summed E-state index contributed by atoms with van der Waals surface area (Å²) in [4.78, 5) is 27.4. The third-order valence-electron chi connectivity index (χ3n) is 4.56. The summed E-state index contributed by atoms with van der Waals surface area (Å²) >= 11 is 8.20. The van der Waals surface area contributed by atoms with Gasteiger partial charge in [0, 0.05) is 34.4 Å². The number of nitrogens with one attached hydrogen (secondary N) is 2. The first-order valence-electron chi connectivity index (χ1n) is 8.76. The fourth-order valence-corrected chi connectivity index (χ4v) is 4.42. The molecule has 2 aliphatic rings. The highest BCUT2D eigenvalue weighted by atomic mass is 35.5. The van der Waals surface area contributed by atoms with Crippen molar-refractivity contribution in [3.05, 3.63) is 69.1 Å². The highest BCUT2D eigenvalue weighted by Gasteiger charge is 2.24. The van der Waals surface area contributed by atoms with Crippen LogP contribution in [0.5, 0.6) is 0 Å². The van der Waals surface area contributed by atoms with Gasteiger partial charge < -0.3 is 10.3 Å². The minimum absolute atomic E-state index is 0.0485. The van der Waals surface area contributed by atoms with E-state index < -0.39 is 0 Å². The molecular formula is C20H19ClN2O2S. The molecule has 0 spiro atoms. The Balaban J connectivity index is 1.77. The number of thioether (sulfide) groups is 1. The first kappa shape index (κ1) is 17.4. The number of pyridine rings is 1. The fourth-order valence-electron chi connectivity index (χ4n) is 3.09. The summed E-state index contributed by atoms with van der Waals surface area (Å²) in [6.07, 6.45) is 7.44. The van der Waals surface area contributed by atoms with Gasteiger partial charge in [0.2, 0.25) is 5.91 Å². The van der Waals surface area contributed by atoms with Gasteiger partial charge in [0.1, 0.15) is 5.02 Å². The Bertz CT molecular complexity index is 933. The van der Waals surface area contributed by atoms with E-state index in [0.717, 1.165) is 22.8 Å². The number of amides is 1. The first-order chi connectivity index (χ1) is 12.6. The molecule has 1 aliphatic carbocycles. The van der Waals surface area contributed by atoms with Crippen LogP contribution in [0.2, 0.25) is 5.02 Å². The summed E-state index contributed by atoms with van der Waals surface area (Å²) in [6.45, 7) is 0. The summed E-state index contributed by atoms with van der Waals surface area (Å²) in [5.41, 5.74) is 2.26. The van der Waals surface area contributed by atoms with Crippen LogP contribution in [0.15, 0.2) is 52.3 Å². The molecule has 4 rings (SSSR count). The van der Waals surface area contributed by atoms with Gasteiger partial charge in [-0.25, -0.2) is 0 Å². The predicted octanol–water partition coefficient (Wildman–Crippen LogP) is 3.99. The molecule has 2 N–H and O–H groups in total. The molecule has 2 aromatic rings. The molecule has 134 valence electrons. The van der Waals surface area contributed by atoms with Crippen LogP contribution in [0, 0.1) is 0 Å². The Morgan fingerprint density at radius 3 is 2.77 bits per heavy atom. The van der Waals surface area contributed by atoms with Crippen LogP contribution < -0.4 is 10.9 Å². The first-order valence-corrected chi connectivity index (χ1v) is 10.0. The van der Waals surface area contributed by atoms with E-state index in [1.165, 1.54) is 17.7 Å². The highest BCUT2D eigenvalue weighted by Crippen LogP contribution is 2.40.